The molecule has 0 bridgehead atoms. The number of amides is 1. The van der Waals surface area contributed by atoms with Gasteiger partial charge in [-0.25, -0.2) is 9.37 Å². The maximum atomic E-state index is 14.8. The SMILES string of the molecule is Nc1cnc(-c2ccc(-c3ccccc3C(=O)N3CC[C@@H](O)C3)cc2F)cn1. The number of carbonyl (C=O) groups excluding carboxylic acids is 1. The van der Waals surface area contributed by atoms with Crippen molar-refractivity contribution in [2.24, 2.45) is 0 Å². The Morgan fingerprint density at radius 1 is 1.14 bits per heavy atom. The molecule has 2 aromatic carbocycles. The number of carbonyl (C=O) groups is 1. The number of nitrogen functional groups attached to an aromatic ring is 1. The van der Waals surface area contributed by atoms with E-state index in [1.165, 1.54) is 18.5 Å². The van der Waals surface area contributed by atoms with Crippen LogP contribution in [-0.2, 0) is 0 Å². The minimum Gasteiger partial charge on any atom is -0.391 e. The average molecular weight is 378 g/mol. The molecular formula is C21H19FN4O2. The number of anilines is 1. The van der Waals surface area contributed by atoms with E-state index in [2.05, 4.69) is 9.97 Å². The number of hydrogen-bond acceptors (Lipinski definition) is 5. The maximum absolute atomic E-state index is 14.8. The number of halogens is 1. The van der Waals surface area contributed by atoms with Gasteiger partial charge in [0.05, 0.1) is 24.2 Å². The topological polar surface area (TPSA) is 92.3 Å². The molecule has 1 saturated heterocycles. The van der Waals surface area contributed by atoms with Gasteiger partial charge in [0, 0.05) is 24.2 Å². The molecule has 3 aromatic rings. The van der Waals surface area contributed by atoms with E-state index in [4.69, 9.17) is 5.73 Å². The molecule has 1 aliphatic heterocycles. The van der Waals surface area contributed by atoms with Crippen molar-refractivity contribution in [1.82, 2.24) is 14.9 Å². The van der Waals surface area contributed by atoms with Gasteiger partial charge in [-0.1, -0.05) is 24.3 Å². The Bertz CT molecular complexity index is 1020. The summed E-state index contributed by atoms with van der Waals surface area (Å²) in [4.78, 5) is 22.6. The molecule has 0 aliphatic carbocycles. The highest BCUT2D eigenvalue weighted by molar-refractivity contribution is 6.01. The van der Waals surface area contributed by atoms with Crippen LogP contribution in [0.1, 0.15) is 16.8 Å². The van der Waals surface area contributed by atoms with Crippen LogP contribution < -0.4 is 5.73 Å². The van der Waals surface area contributed by atoms with Crippen LogP contribution in [0.3, 0.4) is 0 Å². The van der Waals surface area contributed by atoms with Crippen LogP contribution in [0.4, 0.5) is 10.2 Å². The summed E-state index contributed by atoms with van der Waals surface area (Å²) in [6.45, 7) is 0.827. The summed E-state index contributed by atoms with van der Waals surface area (Å²) >= 11 is 0. The predicted molar refractivity (Wildman–Crippen MR) is 104 cm³/mol. The Labute approximate surface area is 161 Å². The van der Waals surface area contributed by atoms with E-state index in [0.717, 1.165) is 0 Å². The van der Waals surface area contributed by atoms with Crippen molar-refractivity contribution in [2.75, 3.05) is 18.8 Å². The number of nitrogens with two attached hydrogens (primary N) is 1. The zero-order valence-corrected chi connectivity index (χ0v) is 15.0. The lowest BCUT2D eigenvalue weighted by molar-refractivity contribution is 0.0765. The molecule has 1 aliphatic rings. The molecule has 1 amide bonds. The second kappa shape index (κ2) is 7.36. The lowest BCUT2D eigenvalue weighted by atomic mass is 9.97. The number of hydrogen-bond donors (Lipinski definition) is 2. The van der Waals surface area contributed by atoms with E-state index >= 15 is 0 Å². The van der Waals surface area contributed by atoms with Crippen molar-refractivity contribution < 1.29 is 14.3 Å². The summed E-state index contributed by atoms with van der Waals surface area (Å²) in [5, 5.41) is 9.71. The molecule has 1 atom stereocenters. The molecular weight excluding hydrogens is 359 g/mol. The lowest BCUT2D eigenvalue weighted by Gasteiger charge is -2.18. The Balaban J connectivity index is 1.69. The summed E-state index contributed by atoms with van der Waals surface area (Å²) in [5.41, 5.74) is 7.94. The summed E-state index contributed by atoms with van der Waals surface area (Å²) in [5.74, 6) is -0.364. The van der Waals surface area contributed by atoms with E-state index in [1.807, 2.05) is 6.07 Å². The van der Waals surface area contributed by atoms with Gasteiger partial charge in [0.15, 0.2) is 0 Å². The molecule has 28 heavy (non-hydrogen) atoms. The van der Waals surface area contributed by atoms with E-state index in [9.17, 15) is 14.3 Å². The van der Waals surface area contributed by atoms with Gasteiger partial charge < -0.3 is 15.7 Å². The zero-order chi connectivity index (χ0) is 19.7. The Hall–Kier alpha value is -3.32. The van der Waals surface area contributed by atoms with Crippen molar-refractivity contribution >= 4 is 11.7 Å². The van der Waals surface area contributed by atoms with E-state index in [-0.39, 0.29) is 11.7 Å². The number of aliphatic hydroxyl groups excluding tert-OH is 1. The van der Waals surface area contributed by atoms with Gasteiger partial charge in [0.1, 0.15) is 11.6 Å². The average Bonchev–Trinajstić information content (AvgIpc) is 3.14. The van der Waals surface area contributed by atoms with Gasteiger partial charge in [-0.15, -0.1) is 0 Å². The number of benzene rings is 2. The van der Waals surface area contributed by atoms with E-state index in [0.29, 0.717) is 47.5 Å². The maximum Gasteiger partial charge on any atom is 0.254 e. The monoisotopic (exact) mass is 378 g/mol. The standard InChI is InChI=1S/C21H19FN4O2/c22-18-9-13(5-6-17(18)19-10-25-20(23)11-24-19)15-3-1-2-4-16(15)21(28)26-8-7-14(27)12-26/h1-6,9-11,14,27H,7-8,12H2,(H2,23,25)/t14-/m1/s1. The van der Waals surface area contributed by atoms with Crippen LogP contribution in [0.15, 0.2) is 54.9 Å². The van der Waals surface area contributed by atoms with Crippen LogP contribution in [-0.4, -0.2) is 45.1 Å². The third-order valence-electron chi connectivity index (χ3n) is 4.84. The van der Waals surface area contributed by atoms with Crippen molar-refractivity contribution in [3.63, 3.8) is 0 Å². The fourth-order valence-electron chi connectivity index (χ4n) is 3.39. The molecule has 4 rings (SSSR count). The van der Waals surface area contributed by atoms with E-state index in [1.54, 1.807) is 35.2 Å². The molecule has 3 N–H and O–H groups in total. The molecule has 0 unspecified atom stereocenters. The van der Waals surface area contributed by atoms with Crippen LogP contribution in [0.25, 0.3) is 22.4 Å². The molecule has 0 spiro atoms. The molecule has 1 fully saturated rings. The molecule has 1 aromatic heterocycles. The summed E-state index contributed by atoms with van der Waals surface area (Å²) in [6.07, 6.45) is 2.87. The summed E-state index contributed by atoms with van der Waals surface area (Å²) in [7, 11) is 0. The third-order valence-corrected chi connectivity index (χ3v) is 4.84. The second-order valence-corrected chi connectivity index (χ2v) is 6.76. The van der Waals surface area contributed by atoms with Crippen molar-refractivity contribution in [3.8, 4) is 22.4 Å². The highest BCUT2D eigenvalue weighted by Crippen LogP contribution is 2.30. The highest BCUT2D eigenvalue weighted by Gasteiger charge is 2.27. The molecule has 0 saturated carbocycles. The van der Waals surface area contributed by atoms with Crippen molar-refractivity contribution in [1.29, 1.82) is 0 Å². The van der Waals surface area contributed by atoms with Crippen LogP contribution in [0.5, 0.6) is 0 Å². The highest BCUT2D eigenvalue weighted by atomic mass is 19.1. The number of β-amino-alcohol motifs (C(OH)–C–C–N with tert-alkyl or cyclic N) is 1. The molecule has 0 radical (unpaired) electrons. The van der Waals surface area contributed by atoms with Gasteiger partial charge in [-0.3, -0.25) is 9.78 Å². The number of likely N-dealkylation sites (tertiary alicyclic amines) is 1. The molecule has 2 heterocycles. The number of aromatic nitrogens is 2. The smallest absolute Gasteiger partial charge is 0.254 e. The van der Waals surface area contributed by atoms with Crippen molar-refractivity contribution in [3.05, 3.63) is 66.2 Å². The Morgan fingerprint density at radius 2 is 1.96 bits per heavy atom. The van der Waals surface area contributed by atoms with Crippen molar-refractivity contribution in [2.45, 2.75) is 12.5 Å². The first kappa shape index (κ1) is 18.1. The first-order chi connectivity index (χ1) is 13.5. The van der Waals surface area contributed by atoms with Gasteiger partial charge in [-0.2, -0.15) is 0 Å². The Kier molecular flexibility index (Phi) is 4.75. The largest absolute Gasteiger partial charge is 0.391 e. The van der Waals surface area contributed by atoms with Crippen LogP contribution >= 0.6 is 0 Å². The lowest BCUT2D eigenvalue weighted by Crippen LogP contribution is -2.29. The Morgan fingerprint density at radius 3 is 2.64 bits per heavy atom. The van der Waals surface area contributed by atoms with Gasteiger partial charge in [0.2, 0.25) is 0 Å². The third kappa shape index (κ3) is 3.44. The fourth-order valence-corrected chi connectivity index (χ4v) is 3.39. The number of aliphatic hydroxyl groups is 1. The quantitative estimate of drug-likeness (QED) is 0.731. The fraction of sp³-hybridized carbons (Fsp3) is 0.190. The first-order valence-electron chi connectivity index (χ1n) is 8.97. The minimum absolute atomic E-state index is 0.166. The second-order valence-electron chi connectivity index (χ2n) is 6.76. The van der Waals surface area contributed by atoms with Gasteiger partial charge in [-0.05, 0) is 35.7 Å². The normalized spacial score (nSPS) is 16.4. The summed E-state index contributed by atoms with van der Waals surface area (Å²) in [6, 6.07) is 11.8. The number of nitrogens with zero attached hydrogens (tertiary/aromatic N) is 3. The molecule has 7 heteroatoms. The summed E-state index contributed by atoms with van der Waals surface area (Å²) < 4.78 is 14.8. The predicted octanol–water partition coefficient (Wildman–Crippen LogP) is 2.74. The first-order valence-corrected chi connectivity index (χ1v) is 8.97. The zero-order valence-electron chi connectivity index (χ0n) is 15.0. The van der Waals surface area contributed by atoms with Crippen LogP contribution in [0.2, 0.25) is 0 Å². The van der Waals surface area contributed by atoms with Gasteiger partial charge >= 0.3 is 0 Å². The number of rotatable bonds is 3. The van der Waals surface area contributed by atoms with Gasteiger partial charge in [0.25, 0.3) is 5.91 Å². The molecule has 6 nitrogen and oxygen atoms in total. The minimum atomic E-state index is -0.492. The van der Waals surface area contributed by atoms with E-state index < -0.39 is 11.9 Å². The van der Waals surface area contributed by atoms with Crippen LogP contribution in [0, 0.1) is 5.82 Å². The molecule has 142 valence electrons.